The number of halogens is 2. The number of aryl methyl sites for hydroxylation is 2. The lowest BCUT2D eigenvalue weighted by atomic mass is 10.1. The van der Waals surface area contributed by atoms with Crippen LogP contribution in [0.3, 0.4) is 0 Å². The highest BCUT2D eigenvalue weighted by molar-refractivity contribution is 9.10. The van der Waals surface area contributed by atoms with Crippen LogP contribution in [0.25, 0.3) is 5.69 Å². The maximum absolute atomic E-state index is 11.2. The lowest BCUT2D eigenvalue weighted by Crippen LogP contribution is -2.05. The van der Waals surface area contributed by atoms with Crippen LogP contribution in [-0.4, -0.2) is 20.9 Å². The SMILES string of the molecule is Cc1cc(-n2nc(C)c(Br)c2C)cc(C(=O)O)c1Cl. The van der Waals surface area contributed by atoms with Crippen LogP contribution in [0.15, 0.2) is 16.6 Å². The number of rotatable bonds is 2. The number of hydrogen-bond donors (Lipinski definition) is 1. The molecule has 0 saturated carbocycles. The first-order chi connectivity index (χ1) is 8.82. The fourth-order valence-corrected chi connectivity index (χ4v) is 2.34. The Bertz CT molecular complexity index is 680. The molecule has 2 rings (SSSR count). The molecule has 1 N–H and O–H groups in total. The van der Waals surface area contributed by atoms with Gasteiger partial charge in [0.15, 0.2) is 0 Å². The van der Waals surface area contributed by atoms with Gasteiger partial charge < -0.3 is 5.11 Å². The first kappa shape index (κ1) is 14.1. The summed E-state index contributed by atoms with van der Waals surface area (Å²) in [5.74, 6) is -1.05. The molecule has 0 spiro atoms. The van der Waals surface area contributed by atoms with Crippen molar-refractivity contribution in [1.82, 2.24) is 9.78 Å². The quantitative estimate of drug-likeness (QED) is 0.899. The molecule has 0 amide bonds. The molecule has 100 valence electrons. The van der Waals surface area contributed by atoms with Gasteiger partial charge in [0.05, 0.1) is 32.1 Å². The Morgan fingerprint density at radius 1 is 1.37 bits per heavy atom. The van der Waals surface area contributed by atoms with Gasteiger partial charge in [-0.3, -0.25) is 0 Å². The largest absolute Gasteiger partial charge is 0.478 e. The zero-order valence-corrected chi connectivity index (χ0v) is 13.0. The van der Waals surface area contributed by atoms with Crippen LogP contribution in [0.4, 0.5) is 0 Å². The second kappa shape index (κ2) is 4.98. The highest BCUT2D eigenvalue weighted by Gasteiger charge is 2.16. The van der Waals surface area contributed by atoms with E-state index in [0.29, 0.717) is 11.3 Å². The Morgan fingerprint density at radius 2 is 2.00 bits per heavy atom. The molecule has 0 aliphatic rings. The average Bonchev–Trinajstić information content (AvgIpc) is 2.60. The van der Waals surface area contributed by atoms with Crippen molar-refractivity contribution in [3.05, 3.63) is 44.1 Å². The number of carbonyl (C=O) groups is 1. The maximum Gasteiger partial charge on any atom is 0.337 e. The topological polar surface area (TPSA) is 55.1 Å². The second-order valence-corrected chi connectivity index (χ2v) is 5.50. The summed E-state index contributed by atoms with van der Waals surface area (Å²) < 4.78 is 2.62. The molecule has 0 aliphatic heterocycles. The number of carboxylic acids is 1. The standard InChI is InChI=1S/C13H12BrClN2O2/c1-6-4-9(5-10(12(6)15)13(18)19)17-8(3)11(14)7(2)16-17/h4-5H,1-3H3,(H,18,19). The molecule has 6 heteroatoms. The Kier molecular flexibility index (Phi) is 3.69. The number of nitrogens with zero attached hydrogens (tertiary/aromatic N) is 2. The molecule has 4 nitrogen and oxygen atoms in total. The van der Waals surface area contributed by atoms with Crippen molar-refractivity contribution in [3.8, 4) is 5.69 Å². The molecule has 2 aromatic rings. The van der Waals surface area contributed by atoms with Gasteiger partial charge in [-0.25, -0.2) is 9.48 Å². The lowest BCUT2D eigenvalue weighted by Gasteiger charge is -2.09. The number of hydrogen-bond acceptors (Lipinski definition) is 2. The van der Waals surface area contributed by atoms with Crippen LogP contribution >= 0.6 is 27.5 Å². The van der Waals surface area contributed by atoms with E-state index in [1.807, 2.05) is 19.9 Å². The van der Waals surface area contributed by atoms with E-state index in [-0.39, 0.29) is 10.6 Å². The summed E-state index contributed by atoms with van der Waals surface area (Å²) in [7, 11) is 0. The van der Waals surface area contributed by atoms with Crippen molar-refractivity contribution in [1.29, 1.82) is 0 Å². The van der Waals surface area contributed by atoms with Crippen molar-refractivity contribution in [2.24, 2.45) is 0 Å². The second-order valence-electron chi connectivity index (χ2n) is 4.33. The van der Waals surface area contributed by atoms with Crippen molar-refractivity contribution < 1.29 is 9.90 Å². The number of aromatic nitrogens is 2. The van der Waals surface area contributed by atoms with Gasteiger partial charge in [-0.05, 0) is 54.4 Å². The summed E-state index contributed by atoms with van der Waals surface area (Å²) >= 11 is 9.46. The van der Waals surface area contributed by atoms with Crippen molar-refractivity contribution >= 4 is 33.5 Å². The van der Waals surface area contributed by atoms with E-state index in [1.165, 1.54) is 6.07 Å². The van der Waals surface area contributed by atoms with E-state index < -0.39 is 5.97 Å². The summed E-state index contributed by atoms with van der Waals surface area (Å²) in [4.78, 5) is 11.2. The maximum atomic E-state index is 11.2. The van der Waals surface area contributed by atoms with E-state index >= 15 is 0 Å². The fourth-order valence-electron chi connectivity index (χ4n) is 1.90. The van der Waals surface area contributed by atoms with Crippen LogP contribution < -0.4 is 0 Å². The Balaban J connectivity index is 2.69. The van der Waals surface area contributed by atoms with Gasteiger partial charge in [0.2, 0.25) is 0 Å². The van der Waals surface area contributed by atoms with E-state index in [1.54, 1.807) is 11.6 Å². The molecule has 1 heterocycles. The minimum absolute atomic E-state index is 0.0837. The van der Waals surface area contributed by atoms with Crippen LogP contribution in [-0.2, 0) is 0 Å². The normalized spacial score (nSPS) is 10.8. The minimum Gasteiger partial charge on any atom is -0.478 e. The van der Waals surface area contributed by atoms with Gasteiger partial charge in [0.1, 0.15) is 0 Å². The van der Waals surface area contributed by atoms with E-state index in [9.17, 15) is 4.79 Å². The number of carboxylic acid groups (broad SMARTS) is 1. The predicted octanol–water partition coefficient (Wildman–Crippen LogP) is 3.91. The monoisotopic (exact) mass is 342 g/mol. The van der Waals surface area contributed by atoms with Gasteiger partial charge in [-0.2, -0.15) is 5.10 Å². The third-order valence-corrected chi connectivity index (χ3v) is 4.57. The summed E-state index contributed by atoms with van der Waals surface area (Å²) in [6.07, 6.45) is 0. The summed E-state index contributed by atoms with van der Waals surface area (Å²) in [5.41, 5.74) is 3.24. The van der Waals surface area contributed by atoms with Gasteiger partial charge in [0.25, 0.3) is 0 Å². The molecule has 0 radical (unpaired) electrons. The smallest absolute Gasteiger partial charge is 0.337 e. The first-order valence-electron chi connectivity index (χ1n) is 5.58. The molecule has 1 aromatic heterocycles. The van der Waals surface area contributed by atoms with Crippen molar-refractivity contribution in [3.63, 3.8) is 0 Å². The van der Waals surface area contributed by atoms with Crippen molar-refractivity contribution in [2.75, 3.05) is 0 Å². The Hall–Kier alpha value is -1.33. The molecular formula is C13H12BrClN2O2. The summed E-state index contributed by atoms with van der Waals surface area (Å²) in [6, 6.07) is 3.35. The molecule has 0 atom stereocenters. The number of aromatic carboxylic acids is 1. The third-order valence-electron chi connectivity index (χ3n) is 2.92. The van der Waals surface area contributed by atoms with Crippen LogP contribution in [0.2, 0.25) is 5.02 Å². The van der Waals surface area contributed by atoms with Gasteiger partial charge in [-0.15, -0.1) is 0 Å². The van der Waals surface area contributed by atoms with Crippen LogP contribution in [0.1, 0.15) is 27.3 Å². The van der Waals surface area contributed by atoms with E-state index in [4.69, 9.17) is 16.7 Å². The fraction of sp³-hybridized carbons (Fsp3) is 0.231. The molecule has 1 aromatic carbocycles. The molecule has 0 saturated heterocycles. The Morgan fingerprint density at radius 3 is 2.47 bits per heavy atom. The predicted molar refractivity (Wildman–Crippen MR) is 77.4 cm³/mol. The van der Waals surface area contributed by atoms with E-state index in [0.717, 1.165) is 15.9 Å². The third kappa shape index (κ3) is 2.40. The molecule has 0 fully saturated rings. The minimum atomic E-state index is -1.05. The number of benzene rings is 1. The van der Waals surface area contributed by atoms with Gasteiger partial charge in [-0.1, -0.05) is 11.6 Å². The molecule has 0 unspecified atom stereocenters. The zero-order valence-electron chi connectivity index (χ0n) is 10.7. The van der Waals surface area contributed by atoms with Gasteiger partial charge in [0, 0.05) is 0 Å². The highest BCUT2D eigenvalue weighted by Crippen LogP contribution is 2.28. The summed E-state index contributed by atoms with van der Waals surface area (Å²) in [5, 5.41) is 13.8. The first-order valence-corrected chi connectivity index (χ1v) is 6.75. The van der Waals surface area contributed by atoms with E-state index in [2.05, 4.69) is 21.0 Å². The van der Waals surface area contributed by atoms with Crippen LogP contribution in [0, 0.1) is 20.8 Å². The molecule has 19 heavy (non-hydrogen) atoms. The molecular weight excluding hydrogens is 332 g/mol. The summed E-state index contributed by atoms with van der Waals surface area (Å²) in [6.45, 7) is 5.57. The van der Waals surface area contributed by atoms with Gasteiger partial charge >= 0.3 is 5.97 Å². The zero-order chi connectivity index (χ0) is 14.3. The Labute approximate surface area is 124 Å². The lowest BCUT2D eigenvalue weighted by molar-refractivity contribution is 0.0697. The highest BCUT2D eigenvalue weighted by atomic mass is 79.9. The molecule has 0 aliphatic carbocycles. The molecule has 0 bridgehead atoms. The van der Waals surface area contributed by atoms with Crippen molar-refractivity contribution in [2.45, 2.75) is 20.8 Å². The van der Waals surface area contributed by atoms with Crippen LogP contribution in [0.5, 0.6) is 0 Å². The average molecular weight is 344 g/mol.